The number of carbonyl (C=O) groups is 2. The fourth-order valence-electron chi connectivity index (χ4n) is 3.63. The van der Waals surface area contributed by atoms with Crippen molar-refractivity contribution in [2.24, 2.45) is 11.8 Å². The van der Waals surface area contributed by atoms with Crippen molar-refractivity contribution in [2.45, 2.75) is 25.3 Å². The summed E-state index contributed by atoms with van der Waals surface area (Å²) in [6.07, 6.45) is 2.69. The molecule has 0 spiro atoms. The lowest BCUT2D eigenvalue weighted by Gasteiger charge is -2.24. The van der Waals surface area contributed by atoms with Crippen molar-refractivity contribution >= 4 is 11.9 Å². The van der Waals surface area contributed by atoms with E-state index in [4.69, 9.17) is 0 Å². The van der Waals surface area contributed by atoms with Crippen LogP contribution in [-0.2, 0) is 4.79 Å². The zero-order valence-corrected chi connectivity index (χ0v) is 11.3. The van der Waals surface area contributed by atoms with Crippen molar-refractivity contribution in [1.29, 1.82) is 0 Å². The second-order valence-electron chi connectivity index (χ2n) is 5.72. The van der Waals surface area contributed by atoms with Gasteiger partial charge in [-0.25, -0.2) is 13.6 Å². The fraction of sp³-hybridized carbons (Fsp3) is 0.467. The van der Waals surface area contributed by atoms with Gasteiger partial charge in [0, 0.05) is 12.1 Å². The Hall–Kier alpha value is -1.98. The van der Waals surface area contributed by atoms with Crippen molar-refractivity contribution in [2.75, 3.05) is 6.54 Å². The van der Waals surface area contributed by atoms with Gasteiger partial charge >= 0.3 is 5.97 Å². The highest BCUT2D eigenvalue weighted by molar-refractivity contribution is 5.97. The molecule has 4 nitrogen and oxygen atoms in total. The molecule has 1 heterocycles. The number of aliphatic carboxylic acids is 1. The summed E-state index contributed by atoms with van der Waals surface area (Å²) in [7, 11) is 0. The SMILES string of the molecule is O=C(O)C1C2CCCC2CN1C(=O)c1ccc(F)c(F)c1. The number of carboxylic acids is 1. The standard InChI is InChI=1S/C15H15F2NO3/c16-11-5-4-8(6-12(11)17)14(19)18-7-9-2-1-3-10(9)13(18)15(20)21/h4-6,9-10,13H,1-3,7H2,(H,20,21). The molecule has 1 saturated heterocycles. The molecule has 3 atom stereocenters. The van der Waals surface area contributed by atoms with Gasteiger partial charge in [0.25, 0.3) is 5.91 Å². The minimum Gasteiger partial charge on any atom is -0.480 e. The number of halogens is 2. The lowest BCUT2D eigenvalue weighted by Crippen LogP contribution is -2.43. The van der Waals surface area contributed by atoms with Crippen molar-refractivity contribution in [3.63, 3.8) is 0 Å². The van der Waals surface area contributed by atoms with Gasteiger partial charge in [0.2, 0.25) is 0 Å². The molecule has 21 heavy (non-hydrogen) atoms. The van der Waals surface area contributed by atoms with Crippen LogP contribution < -0.4 is 0 Å². The van der Waals surface area contributed by atoms with Crippen LogP contribution >= 0.6 is 0 Å². The molecule has 2 fully saturated rings. The number of carboxylic acid groups (broad SMARTS) is 1. The number of amides is 1. The third kappa shape index (κ3) is 2.28. The maximum absolute atomic E-state index is 13.3. The number of nitrogens with zero attached hydrogens (tertiary/aromatic N) is 1. The summed E-state index contributed by atoms with van der Waals surface area (Å²) in [5.74, 6) is -3.54. The largest absolute Gasteiger partial charge is 0.480 e. The highest BCUT2D eigenvalue weighted by atomic mass is 19.2. The molecule has 0 aromatic heterocycles. The van der Waals surface area contributed by atoms with Crippen LogP contribution in [0.5, 0.6) is 0 Å². The average Bonchev–Trinajstić information content (AvgIpc) is 3.00. The quantitative estimate of drug-likeness (QED) is 0.910. The van der Waals surface area contributed by atoms with E-state index in [0.29, 0.717) is 6.54 Å². The molecule has 112 valence electrons. The van der Waals surface area contributed by atoms with E-state index in [1.165, 1.54) is 11.0 Å². The number of carbonyl (C=O) groups excluding carboxylic acids is 1. The Morgan fingerprint density at radius 3 is 2.62 bits per heavy atom. The first-order valence-corrected chi connectivity index (χ1v) is 6.98. The van der Waals surface area contributed by atoms with Crippen LogP contribution in [0.15, 0.2) is 18.2 Å². The molecule has 1 aromatic rings. The van der Waals surface area contributed by atoms with E-state index in [9.17, 15) is 23.5 Å². The lowest BCUT2D eigenvalue weighted by molar-refractivity contribution is -0.142. The first kappa shape index (κ1) is 14.0. The van der Waals surface area contributed by atoms with Crippen LogP contribution in [-0.4, -0.2) is 34.5 Å². The predicted octanol–water partition coefficient (Wildman–Crippen LogP) is 2.29. The molecular weight excluding hydrogens is 280 g/mol. The van der Waals surface area contributed by atoms with E-state index in [1.54, 1.807) is 0 Å². The number of likely N-dealkylation sites (tertiary alicyclic amines) is 1. The Labute approximate surface area is 120 Å². The van der Waals surface area contributed by atoms with Crippen LogP contribution in [0.4, 0.5) is 8.78 Å². The number of fused-ring (bicyclic) bond motifs is 1. The van der Waals surface area contributed by atoms with Crippen LogP contribution in [0.3, 0.4) is 0 Å². The number of hydrogen-bond acceptors (Lipinski definition) is 2. The van der Waals surface area contributed by atoms with E-state index < -0.39 is 29.6 Å². The van der Waals surface area contributed by atoms with Crippen molar-refractivity contribution < 1.29 is 23.5 Å². The molecule has 3 unspecified atom stereocenters. The zero-order valence-electron chi connectivity index (χ0n) is 11.3. The number of hydrogen-bond donors (Lipinski definition) is 1. The molecule has 3 rings (SSSR count). The predicted molar refractivity (Wildman–Crippen MR) is 69.6 cm³/mol. The van der Waals surface area contributed by atoms with Gasteiger partial charge in [0.1, 0.15) is 6.04 Å². The highest BCUT2D eigenvalue weighted by Gasteiger charge is 2.49. The van der Waals surface area contributed by atoms with Gasteiger partial charge in [-0.2, -0.15) is 0 Å². The molecule has 0 bridgehead atoms. The average molecular weight is 295 g/mol. The molecule has 0 radical (unpaired) electrons. The Morgan fingerprint density at radius 1 is 1.19 bits per heavy atom. The topological polar surface area (TPSA) is 57.6 Å². The first-order valence-electron chi connectivity index (χ1n) is 6.98. The van der Waals surface area contributed by atoms with Gasteiger partial charge in [0.05, 0.1) is 0 Å². The van der Waals surface area contributed by atoms with Crippen molar-refractivity contribution in [1.82, 2.24) is 4.90 Å². The minimum absolute atomic E-state index is 0.0138. The summed E-state index contributed by atoms with van der Waals surface area (Å²) in [5.41, 5.74) is -0.0138. The van der Waals surface area contributed by atoms with Gasteiger partial charge in [-0.1, -0.05) is 6.42 Å². The summed E-state index contributed by atoms with van der Waals surface area (Å²) in [4.78, 5) is 25.2. The monoisotopic (exact) mass is 295 g/mol. The minimum atomic E-state index is -1.10. The number of benzene rings is 1. The summed E-state index contributed by atoms with van der Waals surface area (Å²) >= 11 is 0. The van der Waals surface area contributed by atoms with Gasteiger partial charge in [0.15, 0.2) is 11.6 Å². The summed E-state index contributed by atoms with van der Waals surface area (Å²) in [6, 6.07) is 2.03. The molecule has 1 aliphatic heterocycles. The highest BCUT2D eigenvalue weighted by Crippen LogP contribution is 2.42. The summed E-state index contributed by atoms with van der Waals surface area (Å²) in [6.45, 7) is 0.374. The summed E-state index contributed by atoms with van der Waals surface area (Å²) in [5, 5.41) is 9.40. The third-order valence-corrected chi connectivity index (χ3v) is 4.57. The fourth-order valence-corrected chi connectivity index (χ4v) is 3.63. The third-order valence-electron chi connectivity index (χ3n) is 4.57. The smallest absolute Gasteiger partial charge is 0.326 e. The van der Waals surface area contributed by atoms with Gasteiger partial charge in [-0.15, -0.1) is 0 Å². The normalized spacial score (nSPS) is 27.7. The van der Waals surface area contributed by atoms with Crippen molar-refractivity contribution in [3.05, 3.63) is 35.4 Å². The molecule has 6 heteroatoms. The summed E-state index contributed by atoms with van der Waals surface area (Å²) < 4.78 is 26.2. The van der Waals surface area contributed by atoms with Crippen molar-refractivity contribution in [3.8, 4) is 0 Å². The van der Waals surface area contributed by atoms with Gasteiger partial charge in [-0.3, -0.25) is 4.79 Å². The molecule has 1 amide bonds. The Morgan fingerprint density at radius 2 is 1.95 bits per heavy atom. The molecule has 1 aliphatic carbocycles. The molecule has 1 aromatic carbocycles. The number of rotatable bonds is 2. The molecule has 1 saturated carbocycles. The lowest BCUT2D eigenvalue weighted by atomic mass is 9.94. The maximum Gasteiger partial charge on any atom is 0.326 e. The molecular formula is C15H15F2NO3. The second-order valence-corrected chi connectivity index (χ2v) is 5.72. The van der Waals surface area contributed by atoms with E-state index in [1.807, 2.05) is 0 Å². The van der Waals surface area contributed by atoms with Crippen LogP contribution in [0, 0.1) is 23.5 Å². The second kappa shape index (κ2) is 5.09. The first-order chi connectivity index (χ1) is 9.99. The van der Waals surface area contributed by atoms with Gasteiger partial charge < -0.3 is 10.0 Å². The Kier molecular flexibility index (Phi) is 3.39. The van der Waals surface area contributed by atoms with E-state index >= 15 is 0 Å². The maximum atomic E-state index is 13.3. The molecule has 2 aliphatic rings. The van der Waals surface area contributed by atoms with Crippen LogP contribution in [0.25, 0.3) is 0 Å². The van der Waals surface area contributed by atoms with E-state index in [2.05, 4.69) is 0 Å². The Balaban J connectivity index is 1.89. The van der Waals surface area contributed by atoms with E-state index in [-0.39, 0.29) is 17.4 Å². The Bertz CT molecular complexity index is 605. The molecule has 1 N–H and O–H groups in total. The van der Waals surface area contributed by atoms with Crippen LogP contribution in [0.2, 0.25) is 0 Å². The zero-order chi connectivity index (χ0) is 15.1. The van der Waals surface area contributed by atoms with E-state index in [0.717, 1.165) is 31.4 Å². The van der Waals surface area contributed by atoms with Gasteiger partial charge in [-0.05, 0) is 42.9 Å². The van der Waals surface area contributed by atoms with Crippen LogP contribution in [0.1, 0.15) is 29.6 Å².